The molecule has 1 unspecified atom stereocenters. The number of carbonyl (C=O) groups is 5. The van der Waals surface area contributed by atoms with Crippen molar-refractivity contribution >= 4 is 58.2 Å². The van der Waals surface area contributed by atoms with Gasteiger partial charge in [0.25, 0.3) is 0 Å². The predicted molar refractivity (Wildman–Crippen MR) is 264 cm³/mol. The van der Waals surface area contributed by atoms with Crippen LogP contribution in [0.4, 0.5) is 22.2 Å². The monoisotopic (exact) mass is 1000 g/mol. The third kappa shape index (κ3) is 14.2. The van der Waals surface area contributed by atoms with Gasteiger partial charge in [0.15, 0.2) is 5.82 Å². The number of nitrogens with zero attached hydrogens (tertiary/aromatic N) is 6. The average Bonchev–Trinajstić information content (AvgIpc) is 3.87. The molecule has 3 aliphatic rings. The minimum absolute atomic E-state index is 0.00566. The van der Waals surface area contributed by atoms with Crippen molar-refractivity contribution in [2.24, 2.45) is 5.92 Å². The summed E-state index contributed by atoms with van der Waals surface area (Å²) in [4.78, 5) is 77.0. The molecule has 390 valence electrons. The zero-order chi connectivity index (χ0) is 51.3. The van der Waals surface area contributed by atoms with Crippen molar-refractivity contribution in [2.75, 3.05) is 82.0 Å². The first-order valence-electron chi connectivity index (χ1n) is 24.7. The van der Waals surface area contributed by atoms with Gasteiger partial charge in [-0.1, -0.05) is 51.0 Å². The van der Waals surface area contributed by atoms with Gasteiger partial charge in [-0.05, 0) is 53.8 Å². The number of likely N-dealkylation sites (tertiary alicyclic amines) is 1. The number of carbonyl (C=O) groups excluding carboxylic acids is 5. The first kappa shape index (κ1) is 53.4. The molecule has 7 rings (SSSR count). The van der Waals surface area contributed by atoms with Crippen LogP contribution >= 0.6 is 0 Å². The molecule has 4 aromatic rings. The molecule has 5 amide bonds. The number of piperazine rings is 1. The van der Waals surface area contributed by atoms with Gasteiger partial charge in [0, 0.05) is 83.7 Å². The molecule has 0 saturated carbocycles. The van der Waals surface area contributed by atoms with E-state index in [1.54, 1.807) is 24.0 Å². The van der Waals surface area contributed by atoms with Gasteiger partial charge < -0.3 is 65.4 Å². The van der Waals surface area contributed by atoms with Gasteiger partial charge in [0.1, 0.15) is 36.2 Å². The highest BCUT2D eigenvalue weighted by Gasteiger charge is 2.39. The van der Waals surface area contributed by atoms with Crippen LogP contribution < -0.4 is 26.4 Å². The number of nitrogen functional groups attached to an aromatic ring is 1. The zero-order valence-corrected chi connectivity index (χ0v) is 41.2. The average molecular weight is 1000 g/mol. The Morgan fingerprint density at radius 3 is 2.44 bits per heavy atom. The molecule has 0 aliphatic carbocycles. The molecule has 2 aromatic carbocycles. The van der Waals surface area contributed by atoms with Crippen LogP contribution in [0.2, 0.25) is 0 Å². The Balaban J connectivity index is 0.873. The maximum atomic E-state index is 13.3. The molecule has 2 aromatic heterocycles. The highest BCUT2D eigenvalue weighted by Crippen LogP contribution is 2.31. The first-order valence-corrected chi connectivity index (χ1v) is 24.7. The van der Waals surface area contributed by atoms with Gasteiger partial charge in [0.05, 0.1) is 37.6 Å². The Morgan fingerprint density at radius 2 is 1.69 bits per heavy atom. The number of benzene rings is 2. The Labute approximate surface area is 418 Å². The molecule has 22 nitrogen and oxygen atoms in total. The largest absolute Gasteiger partial charge is 0.460 e. The van der Waals surface area contributed by atoms with Gasteiger partial charge in [0.2, 0.25) is 35.9 Å². The Bertz CT molecular complexity index is 2530. The summed E-state index contributed by atoms with van der Waals surface area (Å²) in [6.45, 7) is 10.2. The number of hydrogen-bond donors (Lipinski definition) is 7. The molecule has 8 N–H and O–H groups in total. The van der Waals surface area contributed by atoms with E-state index in [1.165, 1.54) is 17.2 Å². The van der Waals surface area contributed by atoms with Crippen molar-refractivity contribution in [3.63, 3.8) is 0 Å². The second kappa shape index (κ2) is 25.3. The lowest BCUT2D eigenvalue weighted by molar-refractivity contribution is -0.241. The van der Waals surface area contributed by atoms with E-state index in [-0.39, 0.29) is 99.8 Å². The van der Waals surface area contributed by atoms with Crippen molar-refractivity contribution < 1.29 is 58.2 Å². The van der Waals surface area contributed by atoms with E-state index in [4.69, 9.17) is 24.7 Å². The quantitative estimate of drug-likeness (QED) is 0.0415. The number of aryl methyl sites for hydroxylation is 1. The van der Waals surface area contributed by atoms with E-state index in [2.05, 4.69) is 67.4 Å². The molecular weight excluding hydrogens is 933 g/mol. The molecule has 72 heavy (non-hydrogen) atoms. The molecule has 3 aliphatic heterocycles. The number of nitrogens with two attached hydrogens (primary N) is 1. The smallest absolute Gasteiger partial charge is 0.410 e. The van der Waals surface area contributed by atoms with Crippen LogP contribution in [0.25, 0.3) is 11.0 Å². The lowest BCUT2D eigenvalue weighted by Gasteiger charge is -2.35. The number of aromatic nitrogens is 3. The van der Waals surface area contributed by atoms with Crippen molar-refractivity contribution in [1.29, 1.82) is 0 Å². The Hall–Kier alpha value is -6.43. The van der Waals surface area contributed by atoms with Gasteiger partial charge in [-0.25, -0.2) is 9.78 Å². The molecule has 5 heterocycles. The number of imide groups is 1. The molecule has 0 radical (unpaired) electrons. The number of anilines is 3. The van der Waals surface area contributed by atoms with E-state index in [9.17, 15) is 39.3 Å². The zero-order valence-electron chi connectivity index (χ0n) is 41.2. The minimum Gasteiger partial charge on any atom is -0.460 e. The summed E-state index contributed by atoms with van der Waals surface area (Å²) in [6, 6.07) is 13.1. The number of unbranched alkanes of at least 4 members (excludes halogenated alkanes) is 2. The topological polar surface area (TPSA) is 285 Å². The number of hydrogen-bond acceptors (Lipinski definition) is 17. The summed E-state index contributed by atoms with van der Waals surface area (Å²) >= 11 is 0. The normalized spacial score (nSPS) is 20.5. The minimum atomic E-state index is -1.60. The fourth-order valence-corrected chi connectivity index (χ4v) is 8.76. The molecule has 5 atom stereocenters. The maximum absolute atomic E-state index is 13.3. The van der Waals surface area contributed by atoms with Crippen LogP contribution in [0.5, 0.6) is 5.75 Å². The Morgan fingerprint density at radius 1 is 0.903 bits per heavy atom. The fourth-order valence-electron chi connectivity index (χ4n) is 8.76. The number of ether oxygens (including phenoxy) is 4. The van der Waals surface area contributed by atoms with Crippen molar-refractivity contribution in [3.8, 4) is 5.75 Å². The van der Waals surface area contributed by atoms with Crippen LogP contribution in [0, 0.1) is 12.8 Å². The highest BCUT2D eigenvalue weighted by molar-refractivity contribution is 6.03. The van der Waals surface area contributed by atoms with E-state index < -0.39 is 36.6 Å². The number of nitrogens with one attached hydrogen (secondary N) is 3. The number of rotatable bonds is 23. The van der Waals surface area contributed by atoms with Gasteiger partial charge >= 0.3 is 6.09 Å². The molecule has 0 bridgehead atoms. The summed E-state index contributed by atoms with van der Waals surface area (Å²) in [7, 11) is 0. The lowest BCUT2D eigenvalue weighted by atomic mass is 10.0. The first-order chi connectivity index (χ1) is 34.7. The molecule has 3 saturated heterocycles. The van der Waals surface area contributed by atoms with E-state index in [1.807, 2.05) is 12.3 Å². The Kier molecular flexibility index (Phi) is 18.7. The summed E-state index contributed by atoms with van der Waals surface area (Å²) in [5.74, 6) is -0.649. The van der Waals surface area contributed by atoms with Gasteiger partial charge in [-0.3, -0.25) is 29.0 Å². The van der Waals surface area contributed by atoms with Crippen LogP contribution in [0.1, 0.15) is 74.6 Å². The molecular formula is C50H68N10O12. The van der Waals surface area contributed by atoms with E-state index >= 15 is 0 Å². The number of amides is 5. The van der Waals surface area contributed by atoms with Crippen molar-refractivity contribution in [2.45, 2.75) is 104 Å². The molecule has 3 fully saturated rings. The van der Waals surface area contributed by atoms with Crippen LogP contribution in [-0.2, 0) is 53.1 Å². The van der Waals surface area contributed by atoms with E-state index in [0.29, 0.717) is 38.3 Å². The van der Waals surface area contributed by atoms with Gasteiger partial charge in [-0.2, -0.15) is 4.98 Å². The highest BCUT2D eigenvalue weighted by atomic mass is 16.7. The van der Waals surface area contributed by atoms with Crippen LogP contribution in [-0.4, -0.2) is 165 Å². The third-order valence-electron chi connectivity index (χ3n) is 12.9. The second-order valence-electron chi connectivity index (χ2n) is 18.5. The van der Waals surface area contributed by atoms with Crippen LogP contribution in [0.15, 0.2) is 48.7 Å². The summed E-state index contributed by atoms with van der Waals surface area (Å²) in [5.41, 5.74) is 11.9. The van der Waals surface area contributed by atoms with E-state index in [0.717, 1.165) is 59.7 Å². The number of fused-ring (bicyclic) bond motifs is 1. The summed E-state index contributed by atoms with van der Waals surface area (Å²) < 4.78 is 24.6. The van der Waals surface area contributed by atoms with Gasteiger partial charge in [-0.15, -0.1) is 0 Å². The summed E-state index contributed by atoms with van der Waals surface area (Å²) in [6.07, 6.45) is -0.978. The predicted octanol–water partition coefficient (Wildman–Crippen LogP) is 2.49. The van der Waals surface area contributed by atoms with Crippen molar-refractivity contribution in [1.82, 2.24) is 34.6 Å². The number of aliphatic hydroxyl groups is 3. The second-order valence-corrected chi connectivity index (χ2v) is 18.5. The molecule has 0 spiro atoms. The SMILES string of the molecule is CCCCCNc1nc(N)nc2ccn(Cc3ccc(CN4CCN(C(=O)OCc5ccc(O[C@@H]6OC[C@@H](O)[C@H](O)[C@H]6O)c(NC(=O)CCNC(=O)CCOCCN6C(=O)CC(C)C6=O)c5)CC4)cc3C)c12. The fraction of sp³-hybridized carbons (Fsp3) is 0.540. The standard InChI is InChI=1S/C50H68N10O12/c1-4-5-6-14-53-46-43-36(55-49(51)56-46)12-16-59(43)28-35-9-7-33(24-31(35)2)27-57-17-19-58(20-18-57)50(68)71-29-34-8-10-39(72-48-45(66)44(65)38(61)30-70-48)37(26-34)54-41(63)11-15-52-40(62)13-22-69-23-21-60-42(64)25-32(3)47(60)67/h7-10,12,16,24,26,32,38,44-45,48,61,65-66H,4-6,11,13-15,17-23,25,27-30H2,1-3H3,(H,52,62)(H,54,63)(H3,51,53,55,56)/t32?,38-,44+,45-,48+/m1/s1. The lowest BCUT2D eigenvalue weighted by Crippen LogP contribution is -2.54. The van der Waals surface area contributed by atoms with Crippen molar-refractivity contribution in [3.05, 3.63) is 70.9 Å². The van der Waals surface area contributed by atoms with Crippen LogP contribution in [0.3, 0.4) is 0 Å². The molecule has 22 heteroatoms. The maximum Gasteiger partial charge on any atom is 0.410 e. The third-order valence-corrected chi connectivity index (χ3v) is 12.9. The summed E-state index contributed by atoms with van der Waals surface area (Å²) in [5, 5.41) is 39.5. The number of aliphatic hydroxyl groups excluding tert-OH is 3.